The van der Waals surface area contributed by atoms with E-state index in [1.165, 1.54) is 81.6 Å². The fourth-order valence-electron chi connectivity index (χ4n) is 3.71. The predicted molar refractivity (Wildman–Crippen MR) is 111 cm³/mol. The Bertz CT molecular complexity index is 626. The maximum absolute atomic E-state index is 4.59. The maximum atomic E-state index is 4.59. The van der Waals surface area contributed by atoms with Crippen LogP contribution in [0.1, 0.15) is 90.2 Å². The standard InChI is InChI=1S/C23H36N2/c1-4-6-8-10-12-16-20(15-11-9-7-5-2)19(3)23-21-17-13-14-18-22(21)24-25-23/h13-14,17-18,20H,3-12,15-16H2,1-2H3,(H,24,25). The summed E-state index contributed by atoms with van der Waals surface area (Å²) in [5.41, 5.74) is 3.44. The molecule has 0 amide bonds. The Hall–Kier alpha value is -1.57. The number of hydrogen-bond acceptors (Lipinski definition) is 1. The molecular weight excluding hydrogens is 304 g/mol. The van der Waals surface area contributed by atoms with E-state index in [-0.39, 0.29) is 0 Å². The van der Waals surface area contributed by atoms with E-state index in [4.69, 9.17) is 0 Å². The van der Waals surface area contributed by atoms with Crippen molar-refractivity contribution in [2.75, 3.05) is 0 Å². The lowest BCUT2D eigenvalue weighted by Crippen LogP contribution is -2.04. The van der Waals surface area contributed by atoms with Crippen molar-refractivity contribution in [1.29, 1.82) is 0 Å². The van der Waals surface area contributed by atoms with Gasteiger partial charge in [0, 0.05) is 5.39 Å². The molecule has 0 radical (unpaired) electrons. The van der Waals surface area contributed by atoms with Gasteiger partial charge in [-0.05, 0) is 30.4 Å². The zero-order valence-corrected chi connectivity index (χ0v) is 16.3. The van der Waals surface area contributed by atoms with E-state index in [9.17, 15) is 0 Å². The van der Waals surface area contributed by atoms with Gasteiger partial charge in [-0.25, -0.2) is 0 Å². The largest absolute Gasteiger partial charge is 0.277 e. The molecule has 0 bridgehead atoms. The lowest BCUT2D eigenvalue weighted by molar-refractivity contribution is 0.480. The highest BCUT2D eigenvalue weighted by molar-refractivity contribution is 5.90. The van der Waals surface area contributed by atoms with Gasteiger partial charge in [-0.2, -0.15) is 5.10 Å². The average Bonchev–Trinajstić information content (AvgIpc) is 3.07. The number of allylic oxidation sites excluding steroid dienone is 1. The molecule has 138 valence electrons. The third-order valence-corrected chi connectivity index (χ3v) is 5.33. The lowest BCUT2D eigenvalue weighted by atomic mass is 9.86. The molecule has 2 rings (SSSR count). The molecular formula is C23H36N2. The van der Waals surface area contributed by atoms with E-state index in [0.717, 1.165) is 11.2 Å². The molecule has 0 aliphatic heterocycles. The predicted octanol–water partition coefficient (Wildman–Crippen LogP) is 7.52. The van der Waals surface area contributed by atoms with Crippen LogP contribution in [0.15, 0.2) is 30.8 Å². The first-order chi connectivity index (χ1) is 12.3. The molecule has 1 aromatic carbocycles. The van der Waals surface area contributed by atoms with Crippen LogP contribution in [0.2, 0.25) is 0 Å². The first-order valence-electron chi connectivity index (χ1n) is 10.4. The number of nitrogens with zero attached hydrogens (tertiary/aromatic N) is 1. The minimum absolute atomic E-state index is 0.574. The summed E-state index contributed by atoms with van der Waals surface area (Å²) in [6.07, 6.45) is 14.5. The Morgan fingerprint density at radius 2 is 1.52 bits per heavy atom. The van der Waals surface area contributed by atoms with Crippen LogP contribution in [0.25, 0.3) is 16.5 Å². The van der Waals surface area contributed by atoms with Crippen LogP contribution < -0.4 is 0 Å². The van der Waals surface area contributed by atoms with Crippen LogP contribution in [0.4, 0.5) is 0 Å². The molecule has 1 unspecified atom stereocenters. The van der Waals surface area contributed by atoms with Gasteiger partial charge in [0.15, 0.2) is 0 Å². The van der Waals surface area contributed by atoms with Crippen LogP contribution in [-0.2, 0) is 0 Å². The SMILES string of the molecule is C=C(c1n[nH]c2ccccc12)C(CCCCCC)CCCCCCC. The number of H-pyrrole nitrogens is 1. The second-order valence-corrected chi connectivity index (χ2v) is 7.39. The van der Waals surface area contributed by atoms with E-state index in [1.54, 1.807) is 0 Å². The number of benzene rings is 1. The zero-order valence-electron chi connectivity index (χ0n) is 16.3. The van der Waals surface area contributed by atoms with Crippen LogP contribution in [0, 0.1) is 5.92 Å². The molecule has 2 heteroatoms. The zero-order chi connectivity index (χ0) is 17.9. The smallest absolute Gasteiger partial charge is 0.0956 e. The number of aromatic nitrogens is 2. The van der Waals surface area contributed by atoms with Gasteiger partial charge in [0.25, 0.3) is 0 Å². The van der Waals surface area contributed by atoms with Crippen molar-refractivity contribution >= 4 is 16.5 Å². The molecule has 25 heavy (non-hydrogen) atoms. The van der Waals surface area contributed by atoms with Crippen LogP contribution in [-0.4, -0.2) is 10.2 Å². The van der Waals surface area contributed by atoms with Gasteiger partial charge in [-0.15, -0.1) is 0 Å². The molecule has 1 N–H and O–H groups in total. The topological polar surface area (TPSA) is 28.7 Å². The summed E-state index contributed by atoms with van der Waals surface area (Å²) >= 11 is 0. The Labute approximate surface area is 154 Å². The van der Waals surface area contributed by atoms with Crippen molar-refractivity contribution in [1.82, 2.24) is 10.2 Å². The van der Waals surface area contributed by atoms with Crippen LogP contribution in [0.3, 0.4) is 0 Å². The summed E-state index contributed by atoms with van der Waals surface area (Å²) in [6, 6.07) is 8.41. The monoisotopic (exact) mass is 340 g/mol. The third kappa shape index (κ3) is 6.02. The number of rotatable bonds is 13. The fraction of sp³-hybridized carbons (Fsp3) is 0.609. The van der Waals surface area contributed by atoms with Crippen LogP contribution in [0.5, 0.6) is 0 Å². The highest BCUT2D eigenvalue weighted by Gasteiger charge is 2.18. The van der Waals surface area contributed by atoms with Crippen molar-refractivity contribution < 1.29 is 0 Å². The highest BCUT2D eigenvalue weighted by atomic mass is 15.1. The van der Waals surface area contributed by atoms with E-state index in [0.29, 0.717) is 5.92 Å². The highest BCUT2D eigenvalue weighted by Crippen LogP contribution is 2.33. The molecule has 2 nitrogen and oxygen atoms in total. The van der Waals surface area contributed by atoms with E-state index < -0.39 is 0 Å². The molecule has 0 aliphatic rings. The maximum Gasteiger partial charge on any atom is 0.0956 e. The third-order valence-electron chi connectivity index (χ3n) is 5.33. The van der Waals surface area contributed by atoms with Gasteiger partial charge in [-0.3, -0.25) is 5.10 Å². The molecule has 1 atom stereocenters. The Morgan fingerprint density at radius 3 is 2.20 bits per heavy atom. The van der Waals surface area contributed by atoms with E-state index >= 15 is 0 Å². The molecule has 1 heterocycles. The van der Waals surface area contributed by atoms with Gasteiger partial charge in [0.2, 0.25) is 0 Å². The van der Waals surface area contributed by atoms with Crippen molar-refractivity contribution in [3.05, 3.63) is 36.5 Å². The van der Waals surface area contributed by atoms with E-state index in [2.05, 4.69) is 54.9 Å². The average molecular weight is 341 g/mol. The number of para-hydroxylation sites is 1. The fourth-order valence-corrected chi connectivity index (χ4v) is 3.71. The quantitative estimate of drug-likeness (QED) is 0.375. The normalized spacial score (nSPS) is 12.6. The summed E-state index contributed by atoms with van der Waals surface area (Å²) in [5, 5.41) is 8.99. The number of nitrogens with one attached hydrogen (secondary N) is 1. The van der Waals surface area contributed by atoms with Crippen molar-refractivity contribution in [2.45, 2.75) is 84.5 Å². The Morgan fingerprint density at radius 1 is 0.920 bits per heavy atom. The summed E-state index contributed by atoms with van der Waals surface area (Å²) in [7, 11) is 0. The minimum atomic E-state index is 0.574. The second kappa shape index (κ2) is 11.1. The van der Waals surface area contributed by atoms with Crippen molar-refractivity contribution in [2.24, 2.45) is 5.92 Å². The number of fused-ring (bicyclic) bond motifs is 1. The molecule has 0 saturated heterocycles. The van der Waals surface area contributed by atoms with Crippen LogP contribution >= 0.6 is 0 Å². The summed E-state index contributed by atoms with van der Waals surface area (Å²) in [6.45, 7) is 9.04. The first kappa shape index (κ1) is 19.8. The first-order valence-corrected chi connectivity index (χ1v) is 10.4. The lowest BCUT2D eigenvalue weighted by Gasteiger charge is -2.19. The van der Waals surface area contributed by atoms with Gasteiger partial charge in [0.1, 0.15) is 0 Å². The molecule has 1 aromatic heterocycles. The number of unbranched alkanes of at least 4 members (excludes halogenated alkanes) is 7. The van der Waals surface area contributed by atoms with Gasteiger partial charge < -0.3 is 0 Å². The molecule has 0 saturated carbocycles. The second-order valence-electron chi connectivity index (χ2n) is 7.39. The molecule has 0 aliphatic carbocycles. The number of hydrogen-bond donors (Lipinski definition) is 1. The van der Waals surface area contributed by atoms with Gasteiger partial charge >= 0.3 is 0 Å². The molecule has 2 aromatic rings. The Balaban J connectivity index is 2.00. The van der Waals surface area contributed by atoms with Gasteiger partial charge in [-0.1, -0.05) is 96.4 Å². The summed E-state index contributed by atoms with van der Waals surface area (Å²) in [4.78, 5) is 0. The molecule has 0 spiro atoms. The minimum Gasteiger partial charge on any atom is -0.277 e. The summed E-state index contributed by atoms with van der Waals surface area (Å²) in [5.74, 6) is 0.574. The molecule has 0 fully saturated rings. The van der Waals surface area contributed by atoms with Gasteiger partial charge in [0.05, 0.1) is 11.2 Å². The summed E-state index contributed by atoms with van der Waals surface area (Å²) < 4.78 is 0. The van der Waals surface area contributed by atoms with Crippen molar-refractivity contribution in [3.63, 3.8) is 0 Å². The van der Waals surface area contributed by atoms with E-state index in [1.807, 2.05) is 0 Å². The Kier molecular flexibility index (Phi) is 8.79. The number of aromatic amines is 1. The van der Waals surface area contributed by atoms with Crippen molar-refractivity contribution in [3.8, 4) is 0 Å².